The Labute approximate surface area is 275 Å². The number of hydrogen-bond acceptors (Lipinski definition) is 2. The molecule has 2 aromatic heterocycles. The largest absolute Gasteiger partial charge is 0.256 e. The molecule has 6 aromatic carbocycles. The van der Waals surface area contributed by atoms with Crippen LogP contribution in [0.3, 0.4) is 0 Å². The zero-order chi connectivity index (χ0) is 31.5. The van der Waals surface area contributed by atoms with E-state index in [4.69, 9.17) is 4.98 Å². The minimum absolute atomic E-state index is 0.0716. The molecule has 0 aliphatic heterocycles. The van der Waals surface area contributed by atoms with Crippen LogP contribution in [0.15, 0.2) is 158 Å². The molecule has 0 bridgehead atoms. The Morgan fingerprint density at radius 1 is 0.404 bits per heavy atom. The smallest absolute Gasteiger partial charge is 0.0717 e. The third-order valence-electron chi connectivity index (χ3n) is 9.98. The zero-order valence-electron chi connectivity index (χ0n) is 26.4. The highest BCUT2D eigenvalue weighted by Gasteiger charge is 2.35. The first-order valence-corrected chi connectivity index (χ1v) is 16.2. The molecule has 0 fully saturated rings. The number of benzene rings is 6. The van der Waals surface area contributed by atoms with Crippen LogP contribution in [0.4, 0.5) is 0 Å². The van der Waals surface area contributed by atoms with Crippen LogP contribution in [-0.4, -0.2) is 9.97 Å². The van der Waals surface area contributed by atoms with Gasteiger partial charge in [-0.2, -0.15) is 0 Å². The first-order valence-electron chi connectivity index (χ1n) is 16.2. The Bertz CT molecular complexity index is 2460. The minimum Gasteiger partial charge on any atom is -0.256 e. The first kappa shape index (κ1) is 27.5. The minimum atomic E-state index is -0.0716. The molecule has 222 valence electrons. The summed E-state index contributed by atoms with van der Waals surface area (Å²) in [7, 11) is 0. The second-order valence-electron chi connectivity index (χ2n) is 13.0. The molecule has 0 atom stereocenters. The summed E-state index contributed by atoms with van der Waals surface area (Å²) >= 11 is 0. The summed E-state index contributed by atoms with van der Waals surface area (Å²) in [6.45, 7) is 4.71. The average molecular weight is 601 g/mol. The summed E-state index contributed by atoms with van der Waals surface area (Å²) in [5.74, 6) is 0. The lowest BCUT2D eigenvalue weighted by atomic mass is 9.80. The van der Waals surface area contributed by atoms with Crippen molar-refractivity contribution >= 4 is 21.5 Å². The van der Waals surface area contributed by atoms with E-state index in [0.29, 0.717) is 0 Å². The highest BCUT2D eigenvalue weighted by Crippen LogP contribution is 2.51. The van der Waals surface area contributed by atoms with E-state index in [1.54, 1.807) is 0 Å². The van der Waals surface area contributed by atoms with Gasteiger partial charge in [-0.3, -0.25) is 9.97 Å². The van der Waals surface area contributed by atoms with E-state index in [1.807, 2.05) is 30.6 Å². The van der Waals surface area contributed by atoms with Gasteiger partial charge in [-0.25, -0.2) is 0 Å². The van der Waals surface area contributed by atoms with Gasteiger partial charge in [0.15, 0.2) is 0 Å². The van der Waals surface area contributed by atoms with Crippen molar-refractivity contribution in [3.8, 4) is 55.9 Å². The van der Waals surface area contributed by atoms with Gasteiger partial charge in [0, 0.05) is 28.9 Å². The molecule has 8 aromatic rings. The fourth-order valence-corrected chi connectivity index (χ4v) is 7.67. The molecule has 0 N–H and O–H groups in total. The molecule has 47 heavy (non-hydrogen) atoms. The normalized spacial score (nSPS) is 13.1. The predicted octanol–water partition coefficient (Wildman–Crippen LogP) is 11.8. The van der Waals surface area contributed by atoms with Gasteiger partial charge in [0.05, 0.1) is 11.4 Å². The predicted molar refractivity (Wildman–Crippen MR) is 196 cm³/mol. The third-order valence-corrected chi connectivity index (χ3v) is 9.98. The van der Waals surface area contributed by atoms with Gasteiger partial charge in [-0.15, -0.1) is 0 Å². The molecule has 2 nitrogen and oxygen atoms in total. The molecule has 0 radical (unpaired) electrons. The molecule has 1 aliphatic carbocycles. The lowest BCUT2D eigenvalue weighted by molar-refractivity contribution is 0.660. The van der Waals surface area contributed by atoms with Gasteiger partial charge < -0.3 is 0 Å². The maximum atomic E-state index is 4.91. The molecule has 1 aliphatic rings. The monoisotopic (exact) mass is 600 g/mol. The number of nitrogens with zero attached hydrogens (tertiary/aromatic N) is 2. The van der Waals surface area contributed by atoms with Gasteiger partial charge in [0.2, 0.25) is 0 Å². The van der Waals surface area contributed by atoms with E-state index in [0.717, 1.165) is 22.5 Å². The molecule has 0 amide bonds. The molecule has 0 spiro atoms. The first-order chi connectivity index (χ1) is 23.1. The maximum absolute atomic E-state index is 4.91. The number of fused-ring (bicyclic) bond motifs is 5. The number of hydrogen-bond donors (Lipinski definition) is 0. The van der Waals surface area contributed by atoms with Gasteiger partial charge >= 0.3 is 0 Å². The van der Waals surface area contributed by atoms with Crippen LogP contribution < -0.4 is 0 Å². The summed E-state index contributed by atoms with van der Waals surface area (Å²) < 4.78 is 0. The van der Waals surface area contributed by atoms with Gasteiger partial charge in [-0.1, -0.05) is 123 Å². The van der Waals surface area contributed by atoms with E-state index in [1.165, 1.54) is 66.1 Å². The Balaban J connectivity index is 1.29. The molecule has 0 unspecified atom stereocenters. The standard InChI is InChI=1S/C45H32N2/c1-45(2)39-17-9-8-14-33(39)34-22-20-31(27-40(34)45)44-36-16-7-6-15-35(36)43(29-12-4-3-5-13-29)38-26-30(19-23-37(38)44)42-24-21-32(28-47-42)41-18-10-11-25-46-41/h3-28H,1-2H3. The highest BCUT2D eigenvalue weighted by atomic mass is 14.7. The van der Waals surface area contributed by atoms with Crippen molar-refractivity contribution in [1.82, 2.24) is 9.97 Å². The van der Waals surface area contributed by atoms with Crippen molar-refractivity contribution < 1.29 is 0 Å². The molecule has 9 rings (SSSR count). The Morgan fingerprint density at radius 3 is 1.81 bits per heavy atom. The van der Waals surface area contributed by atoms with Crippen LogP contribution in [0.2, 0.25) is 0 Å². The van der Waals surface area contributed by atoms with E-state index in [9.17, 15) is 0 Å². The van der Waals surface area contributed by atoms with Crippen molar-refractivity contribution in [2.45, 2.75) is 19.3 Å². The molecule has 2 heterocycles. The molecular formula is C45H32N2. The average Bonchev–Trinajstić information content (AvgIpc) is 3.36. The number of pyridine rings is 2. The van der Waals surface area contributed by atoms with Crippen molar-refractivity contribution in [3.05, 3.63) is 169 Å². The third kappa shape index (κ3) is 4.33. The second-order valence-corrected chi connectivity index (χ2v) is 13.0. The maximum Gasteiger partial charge on any atom is 0.0717 e. The fraction of sp³-hybridized carbons (Fsp3) is 0.0667. The van der Waals surface area contributed by atoms with Crippen molar-refractivity contribution in [2.75, 3.05) is 0 Å². The Hall–Kier alpha value is -5.86. The number of aromatic nitrogens is 2. The van der Waals surface area contributed by atoms with Crippen LogP contribution in [0.5, 0.6) is 0 Å². The lowest BCUT2D eigenvalue weighted by Crippen LogP contribution is -2.14. The van der Waals surface area contributed by atoms with Crippen LogP contribution in [-0.2, 0) is 5.41 Å². The van der Waals surface area contributed by atoms with E-state index >= 15 is 0 Å². The highest BCUT2D eigenvalue weighted by molar-refractivity contribution is 6.22. The Morgan fingerprint density at radius 2 is 1.04 bits per heavy atom. The molecule has 0 saturated heterocycles. The van der Waals surface area contributed by atoms with Gasteiger partial charge in [0.25, 0.3) is 0 Å². The quantitative estimate of drug-likeness (QED) is 0.188. The fourth-order valence-electron chi connectivity index (χ4n) is 7.67. The summed E-state index contributed by atoms with van der Waals surface area (Å²) in [6, 6.07) is 52.7. The van der Waals surface area contributed by atoms with Crippen molar-refractivity contribution in [1.29, 1.82) is 0 Å². The van der Waals surface area contributed by atoms with Crippen LogP contribution >= 0.6 is 0 Å². The van der Waals surface area contributed by atoms with Gasteiger partial charge in [0.1, 0.15) is 0 Å². The van der Waals surface area contributed by atoms with Crippen LogP contribution in [0.1, 0.15) is 25.0 Å². The summed E-state index contributed by atoms with van der Waals surface area (Å²) in [4.78, 5) is 9.42. The van der Waals surface area contributed by atoms with E-state index in [2.05, 4.69) is 146 Å². The van der Waals surface area contributed by atoms with E-state index < -0.39 is 0 Å². The second kappa shape index (κ2) is 10.6. The van der Waals surface area contributed by atoms with Crippen LogP contribution in [0.25, 0.3) is 77.4 Å². The molecule has 0 saturated carbocycles. The summed E-state index contributed by atoms with van der Waals surface area (Å²) in [5, 5.41) is 4.98. The lowest BCUT2D eigenvalue weighted by Gasteiger charge is -2.23. The molecule has 2 heteroatoms. The molecular weight excluding hydrogens is 569 g/mol. The van der Waals surface area contributed by atoms with Crippen molar-refractivity contribution in [2.24, 2.45) is 0 Å². The van der Waals surface area contributed by atoms with E-state index in [-0.39, 0.29) is 5.41 Å². The Kier molecular flexibility index (Phi) is 6.20. The topological polar surface area (TPSA) is 25.8 Å². The summed E-state index contributed by atoms with van der Waals surface area (Å²) in [5.41, 5.74) is 14.3. The van der Waals surface area contributed by atoms with Crippen molar-refractivity contribution in [3.63, 3.8) is 0 Å². The SMILES string of the molecule is CC1(C)c2ccccc2-c2ccc(-c3c4ccccc4c(-c4ccccc4)c4cc(-c5ccc(-c6ccccn6)cn5)ccc34)cc21. The van der Waals surface area contributed by atoms with Crippen LogP contribution in [0, 0.1) is 0 Å². The zero-order valence-corrected chi connectivity index (χ0v) is 26.4. The summed E-state index contributed by atoms with van der Waals surface area (Å²) in [6.07, 6.45) is 3.75. The van der Waals surface area contributed by atoms with Gasteiger partial charge in [-0.05, 0) is 102 Å². The number of rotatable bonds is 4.